The number of benzene rings is 3. The highest BCUT2D eigenvalue weighted by Crippen LogP contribution is 2.28. The average molecular weight is 584 g/mol. The number of para-hydroxylation sites is 1. The van der Waals surface area contributed by atoms with Gasteiger partial charge in [-0.1, -0.05) is 85.3 Å². The van der Waals surface area contributed by atoms with Gasteiger partial charge in [0.05, 0.1) is 11.9 Å². The Balaban J connectivity index is 2.11. The van der Waals surface area contributed by atoms with Gasteiger partial charge in [-0.05, 0) is 55.5 Å². The third-order valence-electron chi connectivity index (χ3n) is 6.94. The van der Waals surface area contributed by atoms with Gasteiger partial charge in [-0.2, -0.15) is 0 Å². The van der Waals surface area contributed by atoms with Gasteiger partial charge in [0, 0.05) is 24.0 Å². The summed E-state index contributed by atoms with van der Waals surface area (Å²) in [5.74, 6) is -0.815. The number of anilines is 1. The summed E-state index contributed by atoms with van der Waals surface area (Å²) < 4.78 is 27.2. The maximum absolute atomic E-state index is 14.2. The van der Waals surface area contributed by atoms with E-state index in [1.807, 2.05) is 82.3 Å². The molecule has 3 aromatic rings. The monoisotopic (exact) mass is 583 g/mol. The molecule has 3 rings (SSSR count). The third kappa shape index (κ3) is 8.08. The van der Waals surface area contributed by atoms with E-state index in [1.54, 1.807) is 18.2 Å². The van der Waals surface area contributed by atoms with Gasteiger partial charge in [-0.15, -0.1) is 0 Å². The van der Waals surface area contributed by atoms with E-state index in [-0.39, 0.29) is 24.9 Å². The van der Waals surface area contributed by atoms with Crippen LogP contribution in [0.2, 0.25) is 5.02 Å². The van der Waals surface area contributed by atoms with Gasteiger partial charge in [-0.25, -0.2) is 8.42 Å². The normalized spacial score (nSPS) is 12.8. The molecule has 40 heavy (non-hydrogen) atoms. The maximum Gasteiger partial charge on any atom is 0.244 e. The topological polar surface area (TPSA) is 86.8 Å². The molecule has 0 aliphatic heterocycles. The van der Waals surface area contributed by atoms with Gasteiger partial charge < -0.3 is 10.2 Å². The fourth-order valence-electron chi connectivity index (χ4n) is 4.58. The van der Waals surface area contributed by atoms with Crippen LogP contribution >= 0.6 is 11.6 Å². The summed E-state index contributed by atoms with van der Waals surface area (Å²) in [6, 6.07) is 21.0. The molecular formula is C31H38ClN3O4S. The molecule has 0 aromatic heterocycles. The van der Waals surface area contributed by atoms with E-state index in [9.17, 15) is 18.0 Å². The van der Waals surface area contributed by atoms with E-state index >= 15 is 0 Å². The van der Waals surface area contributed by atoms with Gasteiger partial charge in [0.1, 0.15) is 12.6 Å². The minimum Gasteiger partial charge on any atom is -0.352 e. The average Bonchev–Trinajstić information content (AvgIpc) is 2.90. The van der Waals surface area contributed by atoms with E-state index in [2.05, 4.69) is 5.32 Å². The molecule has 0 fully saturated rings. The van der Waals surface area contributed by atoms with E-state index in [0.717, 1.165) is 33.7 Å². The summed E-state index contributed by atoms with van der Waals surface area (Å²) in [6.45, 7) is 7.07. The Bertz CT molecular complexity index is 1410. The predicted octanol–water partition coefficient (Wildman–Crippen LogP) is 5.28. The number of amides is 2. The largest absolute Gasteiger partial charge is 0.352 e. The second kappa shape index (κ2) is 13.8. The summed E-state index contributed by atoms with van der Waals surface area (Å²) in [5.41, 5.74) is 3.44. The van der Waals surface area contributed by atoms with Crippen molar-refractivity contribution in [2.45, 2.75) is 59.2 Å². The number of halogens is 1. The number of carbonyl (C=O) groups is 2. The van der Waals surface area contributed by atoms with Gasteiger partial charge in [-0.3, -0.25) is 13.9 Å². The van der Waals surface area contributed by atoms with Gasteiger partial charge in [0.25, 0.3) is 0 Å². The van der Waals surface area contributed by atoms with E-state index < -0.39 is 28.5 Å². The molecule has 0 radical (unpaired) electrons. The highest BCUT2D eigenvalue weighted by molar-refractivity contribution is 7.92. The first-order chi connectivity index (χ1) is 18.9. The Morgan fingerprint density at radius 3 is 2.10 bits per heavy atom. The molecule has 0 saturated carbocycles. The van der Waals surface area contributed by atoms with Crippen molar-refractivity contribution < 1.29 is 18.0 Å². The number of sulfonamides is 1. The fourth-order valence-corrected chi connectivity index (χ4v) is 5.74. The van der Waals surface area contributed by atoms with Crippen LogP contribution in [0.15, 0.2) is 72.8 Å². The lowest BCUT2D eigenvalue weighted by molar-refractivity contribution is -0.140. The van der Waals surface area contributed by atoms with Crippen LogP contribution in [0.5, 0.6) is 0 Å². The van der Waals surface area contributed by atoms with Crippen molar-refractivity contribution in [2.24, 2.45) is 0 Å². The molecule has 0 heterocycles. The Kier molecular flexibility index (Phi) is 10.8. The van der Waals surface area contributed by atoms with Crippen molar-refractivity contribution in [3.8, 4) is 0 Å². The Hall–Kier alpha value is -3.36. The van der Waals surface area contributed by atoms with Crippen molar-refractivity contribution in [1.29, 1.82) is 0 Å². The zero-order valence-corrected chi connectivity index (χ0v) is 25.3. The minimum absolute atomic E-state index is 0.0360. The first-order valence-electron chi connectivity index (χ1n) is 13.3. The minimum atomic E-state index is -3.84. The molecule has 3 aromatic carbocycles. The fraction of sp³-hybridized carbons (Fsp3) is 0.355. The lowest BCUT2D eigenvalue weighted by Gasteiger charge is -2.34. The van der Waals surface area contributed by atoms with Crippen molar-refractivity contribution in [3.63, 3.8) is 0 Å². The summed E-state index contributed by atoms with van der Waals surface area (Å²) in [4.78, 5) is 29.4. The molecule has 0 saturated heterocycles. The van der Waals surface area contributed by atoms with Gasteiger partial charge in [0.2, 0.25) is 21.8 Å². The molecule has 1 N–H and O–H groups in total. The van der Waals surface area contributed by atoms with Crippen molar-refractivity contribution >= 4 is 39.1 Å². The van der Waals surface area contributed by atoms with E-state index in [1.165, 1.54) is 4.90 Å². The van der Waals surface area contributed by atoms with Crippen molar-refractivity contribution in [1.82, 2.24) is 10.2 Å². The summed E-state index contributed by atoms with van der Waals surface area (Å²) in [7, 11) is -3.84. The highest BCUT2D eigenvalue weighted by Gasteiger charge is 2.34. The van der Waals surface area contributed by atoms with Gasteiger partial charge >= 0.3 is 0 Å². The van der Waals surface area contributed by atoms with Crippen molar-refractivity contribution in [2.75, 3.05) is 17.1 Å². The third-order valence-corrected chi connectivity index (χ3v) is 8.42. The Labute approximate surface area is 243 Å². The molecule has 0 aliphatic rings. The Morgan fingerprint density at radius 2 is 1.52 bits per heavy atom. The number of nitrogens with zero attached hydrogens (tertiary/aromatic N) is 2. The van der Waals surface area contributed by atoms with Crippen LogP contribution in [0.4, 0.5) is 5.69 Å². The molecule has 0 bridgehead atoms. The summed E-state index contributed by atoms with van der Waals surface area (Å²) in [6.07, 6.45) is 2.06. The number of hydrogen-bond donors (Lipinski definition) is 1. The Morgan fingerprint density at radius 1 is 0.925 bits per heavy atom. The second-order valence-electron chi connectivity index (χ2n) is 10.1. The molecule has 0 unspecified atom stereocenters. The first-order valence-corrected chi connectivity index (χ1v) is 15.6. The molecule has 214 valence electrons. The lowest BCUT2D eigenvalue weighted by Crippen LogP contribution is -2.54. The van der Waals surface area contributed by atoms with Crippen LogP contribution in [0.25, 0.3) is 0 Å². The van der Waals surface area contributed by atoms with Crippen molar-refractivity contribution in [3.05, 3.63) is 100 Å². The molecule has 2 atom stereocenters. The second-order valence-corrected chi connectivity index (χ2v) is 12.5. The standard InChI is InChI=1S/C31H38ClN3O4S/c1-6-24(4)33-31(37)28(19-25-15-8-7-9-16-25)34(20-26-17-10-11-18-27(26)32)29(36)21-35(40(5,38)39)30-22(2)13-12-14-23(30)3/h7-18,24,28H,6,19-21H2,1-5H3,(H,33,37)/t24-,28-/m0/s1. The molecule has 2 amide bonds. The van der Waals surface area contributed by atoms with Crippen LogP contribution in [-0.2, 0) is 32.6 Å². The zero-order valence-electron chi connectivity index (χ0n) is 23.7. The van der Waals surface area contributed by atoms with Crippen LogP contribution in [0.3, 0.4) is 0 Å². The van der Waals surface area contributed by atoms with E-state index in [4.69, 9.17) is 11.6 Å². The molecule has 0 aliphatic carbocycles. The van der Waals surface area contributed by atoms with Crippen LogP contribution in [0.1, 0.15) is 42.5 Å². The van der Waals surface area contributed by atoms with E-state index in [0.29, 0.717) is 16.3 Å². The number of rotatable bonds is 12. The molecular weight excluding hydrogens is 546 g/mol. The molecule has 7 nitrogen and oxygen atoms in total. The van der Waals surface area contributed by atoms with Gasteiger partial charge in [0.15, 0.2) is 0 Å². The summed E-state index contributed by atoms with van der Waals surface area (Å²) >= 11 is 6.50. The predicted molar refractivity (Wildman–Crippen MR) is 162 cm³/mol. The molecule has 0 spiro atoms. The highest BCUT2D eigenvalue weighted by atomic mass is 35.5. The molecule has 9 heteroatoms. The SMILES string of the molecule is CC[C@H](C)NC(=O)[C@H](Cc1ccccc1)N(Cc1ccccc1Cl)C(=O)CN(c1c(C)cccc1C)S(C)(=O)=O. The number of hydrogen-bond acceptors (Lipinski definition) is 4. The smallest absolute Gasteiger partial charge is 0.244 e. The number of carbonyl (C=O) groups excluding carboxylic acids is 2. The number of aryl methyl sites for hydroxylation is 2. The maximum atomic E-state index is 14.2. The lowest BCUT2D eigenvalue weighted by atomic mass is 10.0. The summed E-state index contributed by atoms with van der Waals surface area (Å²) in [5, 5.41) is 3.48. The van der Waals surface area contributed by atoms with Crippen LogP contribution < -0.4 is 9.62 Å². The van der Waals surface area contributed by atoms with Crippen LogP contribution in [0, 0.1) is 13.8 Å². The number of nitrogens with one attached hydrogen (secondary N) is 1. The first kappa shape index (κ1) is 31.2. The zero-order chi connectivity index (χ0) is 29.4. The quantitative estimate of drug-likeness (QED) is 0.314. The van der Waals surface area contributed by atoms with Crippen LogP contribution in [-0.4, -0.2) is 50.0 Å².